The molecule has 20 heavy (non-hydrogen) atoms. The summed E-state index contributed by atoms with van der Waals surface area (Å²) < 4.78 is 0. The second-order valence-corrected chi connectivity index (χ2v) is 5.36. The number of allylic oxidation sites excluding steroid dienone is 2. The number of hydrogen-bond donors (Lipinski definition) is 0. The lowest BCUT2D eigenvalue weighted by atomic mass is 9.90. The second kappa shape index (κ2) is 5.38. The van der Waals surface area contributed by atoms with Gasteiger partial charge in [0.1, 0.15) is 0 Å². The van der Waals surface area contributed by atoms with Crippen molar-refractivity contribution in [3.05, 3.63) is 85.0 Å². The Balaban J connectivity index is 2.09. The Bertz CT molecular complexity index is 573. The molecule has 2 aromatic rings. The van der Waals surface area contributed by atoms with E-state index in [0.29, 0.717) is 0 Å². The number of hydrogen-bond acceptors (Lipinski definition) is 1. The molecule has 0 bridgehead atoms. The summed E-state index contributed by atoms with van der Waals surface area (Å²) in [5, 5.41) is 0. The van der Waals surface area contributed by atoms with Gasteiger partial charge in [0, 0.05) is 11.4 Å². The molecule has 0 heterocycles. The molecule has 1 heteroatoms. The fraction of sp³-hybridized carbons (Fsp3) is 0.158. The minimum atomic E-state index is -0.0303. The maximum Gasteiger partial charge on any atom is 0.0642 e. The van der Waals surface area contributed by atoms with Crippen molar-refractivity contribution in [1.29, 1.82) is 0 Å². The standard InChI is InChI=1S/C19H19N/c1-19(15-9-4-10-16-19)20(17-11-5-2-6-12-17)18-13-7-3-8-14-18/h2-15H,16H2,1H3. The minimum Gasteiger partial charge on any atom is -0.332 e. The summed E-state index contributed by atoms with van der Waals surface area (Å²) in [6, 6.07) is 21.2. The topological polar surface area (TPSA) is 3.24 Å². The van der Waals surface area contributed by atoms with Crippen LogP contribution >= 0.6 is 0 Å². The zero-order valence-electron chi connectivity index (χ0n) is 11.7. The number of nitrogens with zero attached hydrogens (tertiary/aromatic N) is 1. The van der Waals surface area contributed by atoms with E-state index in [0.717, 1.165) is 6.42 Å². The summed E-state index contributed by atoms with van der Waals surface area (Å²) >= 11 is 0. The molecule has 1 unspecified atom stereocenters. The molecule has 3 rings (SSSR count). The first kappa shape index (κ1) is 12.7. The molecule has 0 saturated heterocycles. The zero-order chi connectivity index (χ0) is 13.8. The number of para-hydroxylation sites is 2. The van der Waals surface area contributed by atoms with Crippen molar-refractivity contribution in [2.75, 3.05) is 4.90 Å². The van der Waals surface area contributed by atoms with Crippen molar-refractivity contribution >= 4 is 11.4 Å². The van der Waals surface area contributed by atoms with E-state index >= 15 is 0 Å². The summed E-state index contributed by atoms with van der Waals surface area (Å²) in [5.41, 5.74) is 2.42. The van der Waals surface area contributed by atoms with Crippen molar-refractivity contribution in [3.63, 3.8) is 0 Å². The average molecular weight is 261 g/mol. The molecule has 1 aliphatic rings. The molecule has 1 atom stereocenters. The summed E-state index contributed by atoms with van der Waals surface area (Å²) in [5.74, 6) is 0. The van der Waals surface area contributed by atoms with Gasteiger partial charge in [-0.25, -0.2) is 0 Å². The van der Waals surface area contributed by atoms with Gasteiger partial charge in [-0.05, 0) is 37.6 Å². The molecule has 0 spiro atoms. The first-order valence-corrected chi connectivity index (χ1v) is 7.04. The van der Waals surface area contributed by atoms with Crippen LogP contribution in [0, 0.1) is 0 Å². The van der Waals surface area contributed by atoms with Crippen LogP contribution in [0.5, 0.6) is 0 Å². The highest BCUT2D eigenvalue weighted by Gasteiger charge is 2.30. The summed E-state index contributed by atoms with van der Waals surface area (Å²) in [6.45, 7) is 2.28. The Morgan fingerprint density at radius 1 is 0.800 bits per heavy atom. The average Bonchev–Trinajstić information content (AvgIpc) is 2.50. The molecule has 0 radical (unpaired) electrons. The molecule has 1 nitrogen and oxygen atoms in total. The van der Waals surface area contributed by atoms with Gasteiger partial charge < -0.3 is 4.90 Å². The highest BCUT2D eigenvalue weighted by Crippen LogP contribution is 2.37. The fourth-order valence-electron chi connectivity index (χ4n) is 2.77. The van der Waals surface area contributed by atoms with Crippen molar-refractivity contribution < 1.29 is 0 Å². The smallest absolute Gasteiger partial charge is 0.0642 e. The molecular formula is C19H19N. The summed E-state index contributed by atoms with van der Waals surface area (Å²) in [7, 11) is 0. The van der Waals surface area contributed by atoms with Gasteiger partial charge in [0.05, 0.1) is 5.54 Å². The van der Waals surface area contributed by atoms with Crippen LogP contribution < -0.4 is 4.90 Å². The Kier molecular flexibility index (Phi) is 3.42. The monoisotopic (exact) mass is 261 g/mol. The molecule has 2 aromatic carbocycles. The van der Waals surface area contributed by atoms with E-state index in [1.807, 2.05) is 0 Å². The highest BCUT2D eigenvalue weighted by atomic mass is 15.2. The molecule has 0 fully saturated rings. The van der Waals surface area contributed by atoms with E-state index in [4.69, 9.17) is 0 Å². The van der Waals surface area contributed by atoms with Crippen LogP contribution in [0.2, 0.25) is 0 Å². The van der Waals surface area contributed by atoms with E-state index < -0.39 is 0 Å². The van der Waals surface area contributed by atoms with Crippen molar-refractivity contribution in [2.45, 2.75) is 18.9 Å². The molecule has 0 N–H and O–H groups in total. The van der Waals surface area contributed by atoms with E-state index in [2.05, 4.69) is 96.8 Å². The molecule has 1 aliphatic carbocycles. The van der Waals surface area contributed by atoms with E-state index in [1.54, 1.807) is 0 Å². The van der Waals surface area contributed by atoms with Crippen LogP contribution in [0.25, 0.3) is 0 Å². The van der Waals surface area contributed by atoms with Gasteiger partial charge in [-0.1, -0.05) is 60.7 Å². The third-order valence-electron chi connectivity index (χ3n) is 3.77. The van der Waals surface area contributed by atoms with Gasteiger partial charge in [0.2, 0.25) is 0 Å². The molecular weight excluding hydrogens is 242 g/mol. The molecule has 0 aliphatic heterocycles. The van der Waals surface area contributed by atoms with Crippen LogP contribution in [0.4, 0.5) is 11.4 Å². The van der Waals surface area contributed by atoms with Crippen LogP contribution in [0.15, 0.2) is 85.0 Å². The lowest BCUT2D eigenvalue weighted by Crippen LogP contribution is -2.42. The Morgan fingerprint density at radius 3 is 1.80 bits per heavy atom. The van der Waals surface area contributed by atoms with Crippen LogP contribution in [-0.2, 0) is 0 Å². The first-order chi connectivity index (χ1) is 9.80. The maximum atomic E-state index is 2.41. The lowest BCUT2D eigenvalue weighted by Gasteiger charge is -2.41. The van der Waals surface area contributed by atoms with Crippen molar-refractivity contribution in [3.8, 4) is 0 Å². The minimum absolute atomic E-state index is 0.0303. The summed E-state index contributed by atoms with van der Waals surface area (Å²) in [4.78, 5) is 2.41. The number of rotatable bonds is 3. The first-order valence-electron chi connectivity index (χ1n) is 7.04. The predicted octanol–water partition coefficient (Wildman–Crippen LogP) is 5.10. The van der Waals surface area contributed by atoms with E-state index in [1.165, 1.54) is 11.4 Å². The number of benzene rings is 2. The zero-order valence-corrected chi connectivity index (χ0v) is 11.7. The normalized spacial score (nSPS) is 20.9. The highest BCUT2D eigenvalue weighted by molar-refractivity contribution is 5.67. The predicted molar refractivity (Wildman–Crippen MR) is 86.3 cm³/mol. The SMILES string of the molecule is CC1(N(c2ccccc2)c2ccccc2)C=CC=CC1. The van der Waals surface area contributed by atoms with Gasteiger partial charge >= 0.3 is 0 Å². The van der Waals surface area contributed by atoms with Gasteiger partial charge in [-0.2, -0.15) is 0 Å². The lowest BCUT2D eigenvalue weighted by molar-refractivity contribution is 0.570. The Hall–Kier alpha value is -2.28. The van der Waals surface area contributed by atoms with Gasteiger partial charge in [0.25, 0.3) is 0 Å². The Morgan fingerprint density at radius 2 is 1.35 bits per heavy atom. The van der Waals surface area contributed by atoms with Crippen LogP contribution in [0.3, 0.4) is 0 Å². The quantitative estimate of drug-likeness (QED) is 0.743. The molecule has 100 valence electrons. The largest absolute Gasteiger partial charge is 0.332 e. The second-order valence-electron chi connectivity index (χ2n) is 5.36. The van der Waals surface area contributed by atoms with Crippen molar-refractivity contribution in [1.82, 2.24) is 0 Å². The van der Waals surface area contributed by atoms with Gasteiger partial charge in [0.15, 0.2) is 0 Å². The third-order valence-corrected chi connectivity index (χ3v) is 3.77. The Labute approximate surface area is 120 Å². The molecule has 0 aromatic heterocycles. The van der Waals surface area contributed by atoms with Gasteiger partial charge in [-0.3, -0.25) is 0 Å². The van der Waals surface area contributed by atoms with Crippen molar-refractivity contribution in [2.24, 2.45) is 0 Å². The van der Waals surface area contributed by atoms with E-state index in [-0.39, 0.29) is 5.54 Å². The fourth-order valence-corrected chi connectivity index (χ4v) is 2.77. The molecule has 0 saturated carbocycles. The van der Waals surface area contributed by atoms with Crippen LogP contribution in [0.1, 0.15) is 13.3 Å². The molecule has 0 amide bonds. The number of anilines is 2. The third kappa shape index (κ3) is 2.39. The van der Waals surface area contributed by atoms with Gasteiger partial charge in [-0.15, -0.1) is 0 Å². The van der Waals surface area contributed by atoms with E-state index in [9.17, 15) is 0 Å². The summed E-state index contributed by atoms with van der Waals surface area (Å²) in [6.07, 6.45) is 9.79. The van der Waals surface area contributed by atoms with Crippen LogP contribution in [-0.4, -0.2) is 5.54 Å². The maximum absolute atomic E-state index is 2.41.